The molecule has 2 aromatic rings. The Bertz CT molecular complexity index is 787. The minimum atomic E-state index is -4.03. The molecule has 0 bridgehead atoms. The van der Waals surface area contributed by atoms with Crippen molar-refractivity contribution in [2.24, 2.45) is 0 Å². The number of benzene rings is 2. The van der Waals surface area contributed by atoms with Crippen LogP contribution >= 0.6 is 11.6 Å². The lowest BCUT2D eigenvalue weighted by molar-refractivity contribution is -0.303. The molecule has 0 aliphatic heterocycles. The van der Waals surface area contributed by atoms with Crippen molar-refractivity contribution in [2.75, 3.05) is 10.8 Å². The lowest BCUT2D eigenvalue weighted by Gasteiger charge is -2.25. The van der Waals surface area contributed by atoms with Gasteiger partial charge in [0.15, 0.2) is 0 Å². The number of hydrogen-bond donors (Lipinski definition) is 0. The lowest BCUT2D eigenvalue weighted by atomic mass is 10.2. The molecule has 2 rings (SSSR count). The van der Waals surface area contributed by atoms with Crippen molar-refractivity contribution in [2.45, 2.75) is 11.8 Å². The van der Waals surface area contributed by atoms with E-state index < -0.39 is 22.5 Å². The van der Waals surface area contributed by atoms with Gasteiger partial charge in [-0.3, -0.25) is 4.31 Å². The predicted octanol–water partition coefficient (Wildman–Crippen LogP) is 1.59. The molecule has 0 radical (unpaired) electrons. The summed E-state index contributed by atoms with van der Waals surface area (Å²) in [5.74, 6) is -1.50. The van der Waals surface area contributed by atoms with E-state index in [2.05, 4.69) is 0 Å². The Morgan fingerprint density at radius 3 is 2.36 bits per heavy atom. The first kappa shape index (κ1) is 16.3. The first-order valence-corrected chi connectivity index (χ1v) is 8.17. The fourth-order valence-corrected chi connectivity index (χ4v) is 3.49. The fourth-order valence-electron chi connectivity index (χ4n) is 1.90. The maximum Gasteiger partial charge on any atom is 0.264 e. The third-order valence-corrected chi connectivity index (χ3v) is 5.00. The molecule has 0 saturated carbocycles. The van der Waals surface area contributed by atoms with Crippen molar-refractivity contribution in [1.29, 1.82) is 0 Å². The SMILES string of the molecule is Cc1ccc(S(=O)(=O)N(CC(=O)[O-])c2cccc(Cl)c2)cc1. The molecule has 0 unspecified atom stereocenters. The molecule has 0 atom stereocenters. The minimum Gasteiger partial charge on any atom is -0.548 e. The van der Waals surface area contributed by atoms with Crippen molar-refractivity contribution >= 4 is 33.3 Å². The van der Waals surface area contributed by atoms with Crippen molar-refractivity contribution in [3.8, 4) is 0 Å². The number of rotatable bonds is 5. The highest BCUT2D eigenvalue weighted by molar-refractivity contribution is 7.92. The van der Waals surface area contributed by atoms with Crippen LogP contribution in [-0.2, 0) is 14.8 Å². The Balaban J connectivity index is 2.53. The van der Waals surface area contributed by atoms with Gasteiger partial charge in [-0.15, -0.1) is 0 Å². The number of halogens is 1. The van der Waals surface area contributed by atoms with Gasteiger partial charge < -0.3 is 9.90 Å². The van der Waals surface area contributed by atoms with Gasteiger partial charge >= 0.3 is 0 Å². The van der Waals surface area contributed by atoms with Crippen molar-refractivity contribution in [3.63, 3.8) is 0 Å². The fraction of sp³-hybridized carbons (Fsp3) is 0.133. The van der Waals surface area contributed by atoms with Crippen molar-refractivity contribution in [1.82, 2.24) is 0 Å². The van der Waals surface area contributed by atoms with E-state index in [0.717, 1.165) is 9.87 Å². The largest absolute Gasteiger partial charge is 0.548 e. The molecule has 0 saturated heterocycles. The molecule has 0 aliphatic rings. The molecule has 7 heteroatoms. The van der Waals surface area contributed by atoms with E-state index in [1.165, 1.54) is 24.3 Å². The first-order chi connectivity index (χ1) is 10.3. The molecule has 0 aliphatic carbocycles. The summed E-state index contributed by atoms with van der Waals surface area (Å²) in [7, 11) is -4.03. The number of carboxylic acids is 1. The lowest BCUT2D eigenvalue weighted by Crippen LogP contribution is -2.41. The average Bonchev–Trinajstić information content (AvgIpc) is 2.45. The van der Waals surface area contributed by atoms with Crippen LogP contribution in [0.3, 0.4) is 0 Å². The van der Waals surface area contributed by atoms with Crippen molar-refractivity contribution < 1.29 is 18.3 Å². The second kappa shape index (κ2) is 6.37. The van der Waals surface area contributed by atoms with Crippen molar-refractivity contribution in [3.05, 3.63) is 59.1 Å². The normalized spacial score (nSPS) is 11.2. The summed E-state index contributed by atoms with van der Waals surface area (Å²) in [4.78, 5) is 10.9. The number of aryl methyl sites for hydroxylation is 1. The highest BCUT2D eigenvalue weighted by atomic mass is 35.5. The van der Waals surface area contributed by atoms with Crippen LogP contribution in [0.4, 0.5) is 5.69 Å². The number of aliphatic carboxylic acids is 1. The molecule has 5 nitrogen and oxygen atoms in total. The molecule has 0 amide bonds. The van der Waals surface area contributed by atoms with Gasteiger partial charge in [0.1, 0.15) is 0 Å². The van der Waals surface area contributed by atoms with Gasteiger partial charge in [-0.05, 0) is 37.3 Å². The summed E-state index contributed by atoms with van der Waals surface area (Å²) < 4.78 is 26.1. The van der Waals surface area contributed by atoms with E-state index in [1.54, 1.807) is 24.3 Å². The number of carbonyl (C=O) groups is 1. The maximum absolute atomic E-state index is 12.7. The van der Waals surface area contributed by atoms with Gasteiger partial charge in [0.2, 0.25) is 0 Å². The highest BCUT2D eigenvalue weighted by Crippen LogP contribution is 2.26. The average molecular weight is 339 g/mol. The molecule has 22 heavy (non-hydrogen) atoms. The zero-order chi connectivity index (χ0) is 16.3. The molecule has 0 heterocycles. The summed E-state index contributed by atoms with van der Waals surface area (Å²) in [6, 6.07) is 12.1. The summed E-state index contributed by atoms with van der Waals surface area (Å²) in [5, 5.41) is 11.3. The Morgan fingerprint density at radius 2 is 1.82 bits per heavy atom. The molecule has 116 valence electrons. The zero-order valence-corrected chi connectivity index (χ0v) is 13.3. The first-order valence-electron chi connectivity index (χ1n) is 6.35. The van der Waals surface area contributed by atoms with E-state index in [1.807, 2.05) is 6.92 Å². The summed E-state index contributed by atoms with van der Waals surface area (Å²) >= 11 is 5.86. The Kier molecular flexibility index (Phi) is 4.73. The van der Waals surface area contributed by atoms with Crippen LogP contribution in [0.25, 0.3) is 0 Å². The number of anilines is 1. The molecule has 0 aromatic heterocycles. The van der Waals surface area contributed by atoms with Crippen LogP contribution in [-0.4, -0.2) is 20.9 Å². The Morgan fingerprint density at radius 1 is 1.18 bits per heavy atom. The van der Waals surface area contributed by atoms with Crippen LogP contribution in [0.15, 0.2) is 53.4 Å². The topological polar surface area (TPSA) is 77.5 Å². The van der Waals surface area contributed by atoms with Gasteiger partial charge in [0.05, 0.1) is 23.1 Å². The molecule has 2 aromatic carbocycles. The molecular formula is C15H13ClNO4S-. The number of hydrogen-bond acceptors (Lipinski definition) is 4. The highest BCUT2D eigenvalue weighted by Gasteiger charge is 2.25. The predicted molar refractivity (Wildman–Crippen MR) is 82.2 cm³/mol. The van der Waals surface area contributed by atoms with Gasteiger partial charge in [-0.25, -0.2) is 8.42 Å². The Hall–Kier alpha value is -2.05. The molecule has 0 N–H and O–H groups in total. The minimum absolute atomic E-state index is 0.000625. The second-order valence-electron chi connectivity index (χ2n) is 4.68. The Labute approximate surface area is 133 Å². The van der Waals surface area contributed by atoms with Gasteiger partial charge in [-0.2, -0.15) is 0 Å². The maximum atomic E-state index is 12.7. The third kappa shape index (κ3) is 3.58. The van der Waals surface area contributed by atoms with E-state index in [9.17, 15) is 18.3 Å². The van der Waals surface area contributed by atoms with Crippen LogP contribution in [0, 0.1) is 6.92 Å². The van der Waals surface area contributed by atoms with E-state index in [-0.39, 0.29) is 10.6 Å². The third-order valence-electron chi connectivity index (χ3n) is 2.98. The number of carboxylic acid groups (broad SMARTS) is 1. The van der Waals surface area contributed by atoms with Gasteiger partial charge in [-0.1, -0.05) is 35.4 Å². The van der Waals surface area contributed by atoms with Gasteiger partial charge in [0, 0.05) is 5.02 Å². The molecular weight excluding hydrogens is 326 g/mol. The molecule has 0 spiro atoms. The van der Waals surface area contributed by atoms with E-state index >= 15 is 0 Å². The van der Waals surface area contributed by atoms with E-state index in [0.29, 0.717) is 5.02 Å². The van der Waals surface area contributed by atoms with Crippen LogP contribution < -0.4 is 9.41 Å². The summed E-state index contributed by atoms with van der Waals surface area (Å²) in [6.45, 7) is 1.03. The van der Waals surface area contributed by atoms with Crippen LogP contribution in [0.2, 0.25) is 5.02 Å². The summed E-state index contributed by atoms with van der Waals surface area (Å²) in [5.41, 5.74) is 1.06. The molecule has 0 fully saturated rings. The van der Waals surface area contributed by atoms with Crippen LogP contribution in [0.1, 0.15) is 5.56 Å². The monoisotopic (exact) mass is 338 g/mol. The quantitative estimate of drug-likeness (QED) is 0.829. The standard InChI is InChI=1S/C15H14ClNO4S/c1-11-5-7-14(8-6-11)22(20,21)17(10-15(18)19)13-4-2-3-12(16)9-13/h2-9H,10H2,1H3,(H,18,19)/p-1. The number of sulfonamides is 1. The van der Waals surface area contributed by atoms with Crippen LogP contribution in [0.5, 0.6) is 0 Å². The summed E-state index contributed by atoms with van der Waals surface area (Å²) in [6.07, 6.45) is 0. The zero-order valence-electron chi connectivity index (χ0n) is 11.7. The number of carbonyl (C=O) groups excluding carboxylic acids is 1. The van der Waals surface area contributed by atoms with Gasteiger partial charge in [0.25, 0.3) is 10.0 Å². The van der Waals surface area contributed by atoms with E-state index in [4.69, 9.17) is 11.6 Å². The smallest absolute Gasteiger partial charge is 0.264 e. The second-order valence-corrected chi connectivity index (χ2v) is 6.98. The number of nitrogens with zero attached hydrogens (tertiary/aromatic N) is 1.